The van der Waals surface area contributed by atoms with Gasteiger partial charge < -0.3 is 21.3 Å². The Morgan fingerprint density at radius 2 is 1.81 bits per heavy atom. The first-order valence-electron chi connectivity index (χ1n) is 5.15. The minimum Gasteiger partial charge on any atom is -0.508 e. The molecule has 1 amide bonds. The third-order valence-corrected chi connectivity index (χ3v) is 2.08. The van der Waals surface area contributed by atoms with Crippen molar-refractivity contribution >= 4 is 5.91 Å². The molecule has 0 aliphatic heterocycles. The molecule has 0 radical (unpaired) electrons. The highest BCUT2D eigenvalue weighted by atomic mass is 16.3. The number of rotatable bonds is 5. The molecule has 0 aliphatic rings. The lowest BCUT2D eigenvalue weighted by Gasteiger charge is -2.05. The third-order valence-electron chi connectivity index (χ3n) is 2.08. The van der Waals surface area contributed by atoms with Crippen LogP contribution in [0.4, 0.5) is 0 Å². The molecule has 0 atom stereocenters. The fraction of sp³-hybridized carbons (Fsp3) is 0.364. The quantitative estimate of drug-likeness (QED) is 0.550. The van der Waals surface area contributed by atoms with Gasteiger partial charge in [0.1, 0.15) is 11.5 Å². The van der Waals surface area contributed by atoms with Gasteiger partial charge in [-0.05, 0) is 31.5 Å². The summed E-state index contributed by atoms with van der Waals surface area (Å²) in [4.78, 5) is 11.5. The molecule has 5 heteroatoms. The van der Waals surface area contributed by atoms with E-state index in [4.69, 9.17) is 5.73 Å². The van der Waals surface area contributed by atoms with Crippen molar-refractivity contribution < 1.29 is 15.0 Å². The van der Waals surface area contributed by atoms with Gasteiger partial charge in [-0.3, -0.25) is 4.79 Å². The van der Waals surface area contributed by atoms with E-state index in [9.17, 15) is 15.0 Å². The zero-order valence-electron chi connectivity index (χ0n) is 8.94. The molecule has 1 aromatic carbocycles. The second kappa shape index (κ2) is 5.97. The standard InChI is InChI=1S/C11H16N2O3/c12-3-1-2-4-13-11(16)8-5-9(14)7-10(15)6-8/h5-7,14-15H,1-4,12H2,(H,13,16). The molecule has 0 aliphatic carbocycles. The van der Waals surface area contributed by atoms with Crippen LogP contribution in [-0.2, 0) is 0 Å². The molecule has 0 aromatic heterocycles. The number of hydrogen-bond donors (Lipinski definition) is 4. The summed E-state index contributed by atoms with van der Waals surface area (Å²) in [6, 6.07) is 3.78. The molecule has 0 saturated carbocycles. The Bertz CT molecular complexity index is 346. The maximum atomic E-state index is 11.5. The van der Waals surface area contributed by atoms with Gasteiger partial charge in [0.15, 0.2) is 0 Å². The largest absolute Gasteiger partial charge is 0.508 e. The smallest absolute Gasteiger partial charge is 0.251 e. The van der Waals surface area contributed by atoms with Crippen molar-refractivity contribution in [2.45, 2.75) is 12.8 Å². The van der Waals surface area contributed by atoms with E-state index in [0.717, 1.165) is 12.8 Å². The summed E-state index contributed by atoms with van der Waals surface area (Å²) >= 11 is 0. The molecule has 0 spiro atoms. The summed E-state index contributed by atoms with van der Waals surface area (Å²) in [5.74, 6) is -0.581. The fourth-order valence-electron chi connectivity index (χ4n) is 1.30. The van der Waals surface area contributed by atoms with Crippen molar-refractivity contribution in [1.29, 1.82) is 0 Å². The molecular formula is C11H16N2O3. The first-order chi connectivity index (χ1) is 7.63. The van der Waals surface area contributed by atoms with Crippen molar-refractivity contribution in [2.75, 3.05) is 13.1 Å². The number of phenols is 2. The van der Waals surface area contributed by atoms with Crippen molar-refractivity contribution in [3.8, 4) is 11.5 Å². The molecular weight excluding hydrogens is 208 g/mol. The van der Waals surface area contributed by atoms with Gasteiger partial charge in [0.25, 0.3) is 5.91 Å². The molecule has 0 saturated heterocycles. The first-order valence-corrected chi connectivity index (χ1v) is 5.15. The number of unbranched alkanes of at least 4 members (excludes halogenated alkanes) is 1. The Labute approximate surface area is 93.9 Å². The predicted octanol–water partition coefficient (Wildman–Crippen LogP) is 0.567. The number of hydrogen-bond acceptors (Lipinski definition) is 4. The van der Waals surface area contributed by atoms with E-state index >= 15 is 0 Å². The van der Waals surface area contributed by atoms with Crippen LogP contribution in [0.3, 0.4) is 0 Å². The van der Waals surface area contributed by atoms with E-state index in [0.29, 0.717) is 13.1 Å². The van der Waals surface area contributed by atoms with Gasteiger partial charge in [-0.25, -0.2) is 0 Å². The van der Waals surface area contributed by atoms with Crippen LogP contribution in [-0.4, -0.2) is 29.2 Å². The zero-order chi connectivity index (χ0) is 12.0. The second-order valence-electron chi connectivity index (χ2n) is 3.49. The molecule has 0 unspecified atom stereocenters. The molecule has 1 aromatic rings. The van der Waals surface area contributed by atoms with Crippen LogP contribution < -0.4 is 11.1 Å². The van der Waals surface area contributed by atoms with Gasteiger partial charge in [-0.2, -0.15) is 0 Å². The van der Waals surface area contributed by atoms with Gasteiger partial charge in [-0.15, -0.1) is 0 Å². The average Bonchev–Trinajstić information content (AvgIpc) is 2.22. The zero-order valence-corrected chi connectivity index (χ0v) is 8.94. The van der Waals surface area contributed by atoms with Crippen LogP contribution in [0.1, 0.15) is 23.2 Å². The minimum absolute atomic E-state index is 0.132. The van der Waals surface area contributed by atoms with Gasteiger partial charge in [0.2, 0.25) is 0 Å². The van der Waals surface area contributed by atoms with Crippen LogP contribution in [0.25, 0.3) is 0 Å². The van der Waals surface area contributed by atoms with Gasteiger partial charge in [0, 0.05) is 18.2 Å². The number of aromatic hydroxyl groups is 2. The molecule has 0 heterocycles. The van der Waals surface area contributed by atoms with Crippen LogP contribution >= 0.6 is 0 Å². The number of carbonyl (C=O) groups is 1. The highest BCUT2D eigenvalue weighted by Crippen LogP contribution is 2.20. The Balaban J connectivity index is 2.52. The Hall–Kier alpha value is -1.75. The van der Waals surface area contributed by atoms with Crippen LogP contribution in [0, 0.1) is 0 Å². The number of benzene rings is 1. The fourth-order valence-corrected chi connectivity index (χ4v) is 1.30. The normalized spacial score (nSPS) is 10.1. The van der Waals surface area contributed by atoms with E-state index in [-0.39, 0.29) is 23.0 Å². The summed E-state index contributed by atoms with van der Waals surface area (Å²) in [5.41, 5.74) is 5.56. The number of nitrogens with two attached hydrogens (primary N) is 1. The number of phenolic OH excluding ortho intramolecular Hbond substituents is 2. The topological polar surface area (TPSA) is 95.6 Å². The summed E-state index contributed by atoms with van der Waals surface area (Å²) in [5, 5.41) is 21.1. The minimum atomic E-state index is -0.316. The van der Waals surface area contributed by atoms with E-state index in [1.54, 1.807) is 0 Å². The van der Waals surface area contributed by atoms with Gasteiger partial charge >= 0.3 is 0 Å². The van der Waals surface area contributed by atoms with Crippen molar-refractivity contribution in [3.63, 3.8) is 0 Å². The van der Waals surface area contributed by atoms with E-state index in [1.807, 2.05) is 0 Å². The Kier molecular flexibility index (Phi) is 4.60. The summed E-state index contributed by atoms with van der Waals surface area (Å²) in [6.45, 7) is 1.13. The van der Waals surface area contributed by atoms with E-state index in [1.165, 1.54) is 18.2 Å². The molecule has 0 bridgehead atoms. The number of carbonyl (C=O) groups excluding carboxylic acids is 1. The summed E-state index contributed by atoms with van der Waals surface area (Å²) in [6.07, 6.45) is 1.67. The lowest BCUT2D eigenvalue weighted by Crippen LogP contribution is -2.24. The first kappa shape index (κ1) is 12.3. The highest BCUT2D eigenvalue weighted by molar-refractivity contribution is 5.94. The van der Waals surface area contributed by atoms with E-state index < -0.39 is 0 Å². The van der Waals surface area contributed by atoms with Gasteiger partial charge in [0.05, 0.1) is 0 Å². The monoisotopic (exact) mass is 224 g/mol. The lowest BCUT2D eigenvalue weighted by molar-refractivity contribution is 0.0952. The summed E-state index contributed by atoms with van der Waals surface area (Å²) in [7, 11) is 0. The molecule has 0 fully saturated rings. The molecule has 16 heavy (non-hydrogen) atoms. The Morgan fingerprint density at radius 3 is 2.38 bits per heavy atom. The third kappa shape index (κ3) is 3.78. The SMILES string of the molecule is NCCCCNC(=O)c1cc(O)cc(O)c1. The predicted molar refractivity (Wildman–Crippen MR) is 60.4 cm³/mol. The lowest BCUT2D eigenvalue weighted by atomic mass is 10.2. The van der Waals surface area contributed by atoms with Crippen molar-refractivity contribution in [3.05, 3.63) is 23.8 Å². The Morgan fingerprint density at radius 1 is 1.19 bits per heavy atom. The van der Waals surface area contributed by atoms with E-state index in [2.05, 4.69) is 5.32 Å². The number of amides is 1. The average molecular weight is 224 g/mol. The second-order valence-corrected chi connectivity index (χ2v) is 3.49. The van der Waals surface area contributed by atoms with Crippen LogP contribution in [0.2, 0.25) is 0 Å². The highest BCUT2D eigenvalue weighted by Gasteiger charge is 2.07. The molecule has 5 N–H and O–H groups in total. The number of nitrogens with one attached hydrogen (secondary N) is 1. The van der Waals surface area contributed by atoms with Gasteiger partial charge in [-0.1, -0.05) is 0 Å². The van der Waals surface area contributed by atoms with Crippen molar-refractivity contribution in [2.24, 2.45) is 5.73 Å². The molecule has 5 nitrogen and oxygen atoms in total. The van der Waals surface area contributed by atoms with Crippen LogP contribution in [0.15, 0.2) is 18.2 Å². The maximum Gasteiger partial charge on any atom is 0.251 e. The summed E-state index contributed by atoms with van der Waals surface area (Å²) < 4.78 is 0. The van der Waals surface area contributed by atoms with Crippen molar-refractivity contribution in [1.82, 2.24) is 5.32 Å². The van der Waals surface area contributed by atoms with Crippen LogP contribution in [0.5, 0.6) is 11.5 Å². The molecule has 88 valence electrons. The maximum absolute atomic E-state index is 11.5. The molecule has 1 rings (SSSR count).